The van der Waals surface area contributed by atoms with Crippen LogP contribution in [0.1, 0.15) is 5.56 Å². The molecule has 2 N–H and O–H groups in total. The van der Waals surface area contributed by atoms with Crippen molar-refractivity contribution in [1.82, 2.24) is 0 Å². The van der Waals surface area contributed by atoms with Crippen LogP contribution in [0.15, 0.2) is 84.9 Å². The van der Waals surface area contributed by atoms with E-state index in [-0.39, 0.29) is 28.0 Å². The Morgan fingerprint density at radius 1 is 0.758 bits per heavy atom. The van der Waals surface area contributed by atoms with Crippen molar-refractivity contribution in [1.29, 1.82) is 0 Å². The Morgan fingerprint density at radius 3 is 2.00 bits per heavy atom. The Morgan fingerprint density at radius 2 is 1.36 bits per heavy atom. The predicted octanol–water partition coefficient (Wildman–Crippen LogP) is 7.58. The molecule has 5 nitrogen and oxygen atoms in total. The Labute approximate surface area is 200 Å². The van der Waals surface area contributed by atoms with Crippen LogP contribution in [-0.2, 0) is 11.2 Å². The topological polar surface area (TPSA) is 76.0 Å². The highest BCUT2D eigenvalue weighted by atomic mass is 35.5. The van der Waals surface area contributed by atoms with Crippen LogP contribution in [0.4, 0.5) is 0 Å². The van der Waals surface area contributed by atoms with Gasteiger partial charge in [-0.3, -0.25) is 4.79 Å². The van der Waals surface area contributed by atoms with E-state index in [1.165, 1.54) is 18.2 Å². The van der Waals surface area contributed by atoms with Crippen molar-refractivity contribution in [2.75, 3.05) is 0 Å². The van der Waals surface area contributed by atoms with Gasteiger partial charge in [0.15, 0.2) is 5.75 Å². The molecule has 0 aliphatic carbocycles. The molecule has 166 valence electrons. The maximum absolute atomic E-state index is 10.9. The van der Waals surface area contributed by atoms with E-state index in [1.807, 2.05) is 54.6 Å². The Balaban J connectivity index is 1.57. The summed E-state index contributed by atoms with van der Waals surface area (Å²) in [5.41, 5.74) is 1.77. The predicted molar refractivity (Wildman–Crippen MR) is 128 cm³/mol. The number of carboxylic acid groups (broad SMARTS) is 1. The van der Waals surface area contributed by atoms with Crippen LogP contribution >= 0.6 is 23.2 Å². The number of ether oxygens (including phenoxy) is 2. The van der Waals surface area contributed by atoms with Gasteiger partial charge >= 0.3 is 5.97 Å². The van der Waals surface area contributed by atoms with Crippen molar-refractivity contribution >= 4 is 29.2 Å². The summed E-state index contributed by atoms with van der Waals surface area (Å²) < 4.78 is 11.7. The number of carboxylic acids is 1. The first-order valence-corrected chi connectivity index (χ1v) is 10.7. The zero-order valence-electron chi connectivity index (χ0n) is 17.2. The maximum atomic E-state index is 10.9. The van der Waals surface area contributed by atoms with E-state index >= 15 is 0 Å². The summed E-state index contributed by atoms with van der Waals surface area (Å²) in [6, 6.07) is 24.5. The fraction of sp³-hybridized carbons (Fsp3) is 0.0385. The molecule has 0 bridgehead atoms. The third kappa shape index (κ3) is 5.58. The Kier molecular flexibility index (Phi) is 6.73. The number of phenols is 1. The number of carbonyl (C=O) groups is 1. The van der Waals surface area contributed by atoms with Gasteiger partial charge in [0.05, 0.1) is 16.5 Å². The number of aliphatic carboxylic acids is 1. The van der Waals surface area contributed by atoms with E-state index < -0.39 is 5.97 Å². The monoisotopic (exact) mass is 480 g/mol. The molecule has 0 atom stereocenters. The minimum atomic E-state index is -0.987. The summed E-state index contributed by atoms with van der Waals surface area (Å²) in [7, 11) is 0. The molecule has 0 fully saturated rings. The number of benzene rings is 4. The van der Waals surface area contributed by atoms with Crippen LogP contribution in [0, 0.1) is 0 Å². The lowest BCUT2D eigenvalue weighted by Gasteiger charge is -2.13. The molecular weight excluding hydrogens is 463 g/mol. The maximum Gasteiger partial charge on any atom is 0.307 e. The lowest BCUT2D eigenvalue weighted by atomic mass is 10.0. The van der Waals surface area contributed by atoms with Crippen LogP contribution in [0.2, 0.25) is 10.0 Å². The summed E-state index contributed by atoms with van der Waals surface area (Å²) in [6.07, 6.45) is -0.201. The van der Waals surface area contributed by atoms with Gasteiger partial charge < -0.3 is 19.7 Å². The molecule has 0 aromatic heterocycles. The highest BCUT2D eigenvalue weighted by molar-refractivity contribution is 6.37. The second-order valence-electron chi connectivity index (χ2n) is 7.18. The highest BCUT2D eigenvalue weighted by Crippen LogP contribution is 2.40. The van der Waals surface area contributed by atoms with E-state index in [1.54, 1.807) is 12.1 Å². The fourth-order valence-electron chi connectivity index (χ4n) is 3.24. The van der Waals surface area contributed by atoms with Crippen molar-refractivity contribution in [3.8, 4) is 39.9 Å². The number of hydrogen-bond donors (Lipinski definition) is 2. The second kappa shape index (κ2) is 9.86. The molecule has 0 saturated carbocycles. The van der Waals surface area contributed by atoms with Crippen molar-refractivity contribution in [2.45, 2.75) is 6.42 Å². The minimum absolute atomic E-state index is 0.0769. The number of rotatable bonds is 7. The molecule has 0 amide bonds. The molecule has 4 rings (SSSR count). The summed E-state index contributed by atoms with van der Waals surface area (Å²) in [6.45, 7) is 0. The van der Waals surface area contributed by atoms with Gasteiger partial charge in [0, 0.05) is 5.56 Å². The number of halogens is 2. The molecule has 4 aromatic rings. The van der Waals surface area contributed by atoms with E-state index in [9.17, 15) is 9.90 Å². The molecule has 0 aliphatic rings. The van der Waals surface area contributed by atoms with E-state index in [0.29, 0.717) is 22.6 Å². The number of hydrogen-bond acceptors (Lipinski definition) is 4. The first-order valence-electron chi connectivity index (χ1n) is 9.93. The standard InChI is InChI=1S/C26H18Cl2O5/c27-22-12-16(14-25(30)31)13-23(28)26(22)33-20-10-11-24(29)21(15-20)17-6-8-19(9-7-17)32-18-4-2-1-3-5-18/h1-13,15,29H,14H2,(H,30,31). The number of para-hydroxylation sites is 1. The van der Waals surface area contributed by atoms with Gasteiger partial charge in [0.25, 0.3) is 0 Å². The van der Waals surface area contributed by atoms with Gasteiger partial charge in [-0.15, -0.1) is 0 Å². The van der Waals surface area contributed by atoms with Gasteiger partial charge in [0.2, 0.25) is 0 Å². The SMILES string of the molecule is O=C(O)Cc1cc(Cl)c(Oc2ccc(O)c(-c3ccc(Oc4ccccc4)cc3)c2)c(Cl)c1. The third-order valence-electron chi connectivity index (χ3n) is 4.75. The van der Waals surface area contributed by atoms with Gasteiger partial charge in [-0.1, -0.05) is 53.5 Å². The third-order valence-corrected chi connectivity index (χ3v) is 5.31. The van der Waals surface area contributed by atoms with Crippen molar-refractivity contribution in [3.63, 3.8) is 0 Å². The second-order valence-corrected chi connectivity index (χ2v) is 7.99. The number of aromatic hydroxyl groups is 1. The van der Waals surface area contributed by atoms with Gasteiger partial charge in [0.1, 0.15) is 23.0 Å². The molecule has 0 saturated heterocycles. The molecule has 4 aromatic carbocycles. The number of phenolic OH excluding ortho intramolecular Hbond substituents is 1. The zero-order chi connectivity index (χ0) is 23.4. The van der Waals surface area contributed by atoms with Crippen LogP contribution in [0.3, 0.4) is 0 Å². The molecule has 0 radical (unpaired) electrons. The summed E-state index contributed by atoms with van der Waals surface area (Å²) in [4.78, 5) is 10.9. The van der Waals surface area contributed by atoms with Crippen LogP contribution < -0.4 is 9.47 Å². The van der Waals surface area contributed by atoms with E-state index in [2.05, 4.69) is 0 Å². The minimum Gasteiger partial charge on any atom is -0.507 e. The molecule has 33 heavy (non-hydrogen) atoms. The smallest absolute Gasteiger partial charge is 0.307 e. The Bertz CT molecular complexity index is 1270. The lowest BCUT2D eigenvalue weighted by molar-refractivity contribution is -0.136. The average Bonchev–Trinajstić information content (AvgIpc) is 2.78. The Hall–Kier alpha value is -3.67. The zero-order valence-corrected chi connectivity index (χ0v) is 18.7. The molecule has 0 spiro atoms. The molecule has 0 aliphatic heterocycles. The quantitative estimate of drug-likeness (QED) is 0.285. The first kappa shape index (κ1) is 22.5. The van der Waals surface area contributed by atoms with E-state index in [4.69, 9.17) is 37.8 Å². The van der Waals surface area contributed by atoms with Crippen LogP contribution in [0.5, 0.6) is 28.7 Å². The summed E-state index contributed by atoms with van der Waals surface area (Å²) in [5, 5.41) is 19.7. The van der Waals surface area contributed by atoms with Gasteiger partial charge in [-0.05, 0) is 65.7 Å². The molecular formula is C26H18Cl2O5. The van der Waals surface area contributed by atoms with Gasteiger partial charge in [-0.25, -0.2) is 0 Å². The van der Waals surface area contributed by atoms with E-state index in [0.717, 1.165) is 11.3 Å². The summed E-state index contributed by atoms with van der Waals surface area (Å²) in [5.74, 6) is 1.09. The molecule has 7 heteroatoms. The highest BCUT2D eigenvalue weighted by Gasteiger charge is 2.14. The largest absolute Gasteiger partial charge is 0.507 e. The molecule has 0 heterocycles. The fourth-order valence-corrected chi connectivity index (χ4v) is 3.85. The normalized spacial score (nSPS) is 10.6. The van der Waals surface area contributed by atoms with Crippen LogP contribution in [0.25, 0.3) is 11.1 Å². The first-order chi connectivity index (χ1) is 15.9. The van der Waals surface area contributed by atoms with Crippen molar-refractivity contribution in [2.24, 2.45) is 0 Å². The summed E-state index contributed by atoms with van der Waals surface area (Å²) >= 11 is 12.5. The average molecular weight is 481 g/mol. The lowest BCUT2D eigenvalue weighted by Crippen LogP contribution is -2.00. The molecule has 0 unspecified atom stereocenters. The van der Waals surface area contributed by atoms with Crippen molar-refractivity contribution in [3.05, 3.63) is 101 Å². The van der Waals surface area contributed by atoms with Crippen LogP contribution in [-0.4, -0.2) is 16.2 Å². The van der Waals surface area contributed by atoms with Crippen molar-refractivity contribution < 1.29 is 24.5 Å². The van der Waals surface area contributed by atoms with Gasteiger partial charge in [-0.2, -0.15) is 0 Å².